The van der Waals surface area contributed by atoms with Crippen molar-refractivity contribution in [3.05, 3.63) is 17.5 Å². The van der Waals surface area contributed by atoms with Crippen molar-refractivity contribution in [1.29, 1.82) is 0 Å². The Morgan fingerprint density at radius 3 is 2.94 bits per heavy atom. The fraction of sp³-hybridized carbons (Fsp3) is 0.769. The first-order valence-corrected chi connectivity index (χ1v) is 6.54. The number of hydrogen-bond acceptors (Lipinski definition) is 2. The van der Waals surface area contributed by atoms with Crippen molar-refractivity contribution in [2.45, 2.75) is 45.1 Å². The average molecular weight is 257 g/mol. The van der Waals surface area contributed by atoms with Crippen LogP contribution in [0.25, 0.3) is 0 Å². The maximum atomic E-state index is 13.2. The molecule has 0 aliphatic heterocycles. The van der Waals surface area contributed by atoms with E-state index >= 15 is 0 Å². The highest BCUT2D eigenvalue weighted by atomic mass is 19.3. The zero-order valence-corrected chi connectivity index (χ0v) is 11.0. The molecule has 2 rings (SSSR count). The topological polar surface area (TPSA) is 29.9 Å². The second-order valence-corrected chi connectivity index (χ2v) is 5.33. The molecule has 1 aliphatic rings. The van der Waals surface area contributed by atoms with Crippen molar-refractivity contribution in [1.82, 2.24) is 15.1 Å². The van der Waals surface area contributed by atoms with Gasteiger partial charge in [-0.15, -0.1) is 0 Å². The van der Waals surface area contributed by atoms with E-state index in [0.717, 1.165) is 17.7 Å². The van der Waals surface area contributed by atoms with Gasteiger partial charge in [-0.2, -0.15) is 5.10 Å². The van der Waals surface area contributed by atoms with Crippen LogP contribution in [0, 0.1) is 12.8 Å². The first-order valence-electron chi connectivity index (χ1n) is 6.54. The third-order valence-electron chi connectivity index (χ3n) is 3.83. The Morgan fingerprint density at radius 1 is 1.56 bits per heavy atom. The summed E-state index contributed by atoms with van der Waals surface area (Å²) in [4.78, 5) is 0. The summed E-state index contributed by atoms with van der Waals surface area (Å²) in [7, 11) is 1.90. The van der Waals surface area contributed by atoms with Crippen molar-refractivity contribution < 1.29 is 8.78 Å². The van der Waals surface area contributed by atoms with Crippen LogP contribution >= 0.6 is 0 Å². The Morgan fingerprint density at radius 2 is 2.33 bits per heavy atom. The molecular weight excluding hydrogens is 236 g/mol. The molecule has 1 aromatic heterocycles. The molecule has 1 unspecified atom stereocenters. The largest absolute Gasteiger partial charge is 0.312 e. The summed E-state index contributed by atoms with van der Waals surface area (Å²) in [5.41, 5.74) is 2.26. The second kappa shape index (κ2) is 5.34. The zero-order chi connectivity index (χ0) is 13.2. The normalized spacial score (nSPS) is 23.2. The maximum absolute atomic E-state index is 13.2. The summed E-state index contributed by atoms with van der Waals surface area (Å²) in [5, 5.41) is 7.44. The molecule has 1 heterocycles. The summed E-state index contributed by atoms with van der Waals surface area (Å²) in [6, 6.07) is 0. The van der Waals surface area contributed by atoms with E-state index in [9.17, 15) is 8.78 Å². The summed E-state index contributed by atoms with van der Waals surface area (Å²) in [6.07, 6.45) is 3.48. The van der Waals surface area contributed by atoms with Crippen molar-refractivity contribution in [3.63, 3.8) is 0 Å². The van der Waals surface area contributed by atoms with Gasteiger partial charge in [-0.25, -0.2) is 8.78 Å². The number of halogens is 2. The lowest BCUT2D eigenvalue weighted by molar-refractivity contribution is -0.0520. The molecule has 0 saturated heterocycles. The number of hydrogen-bond donors (Lipinski definition) is 1. The minimum atomic E-state index is -2.45. The van der Waals surface area contributed by atoms with Gasteiger partial charge in [0.2, 0.25) is 5.92 Å². The Bertz CT molecular complexity index is 401. The van der Waals surface area contributed by atoms with E-state index in [-0.39, 0.29) is 18.8 Å². The molecule has 1 saturated carbocycles. The van der Waals surface area contributed by atoms with Gasteiger partial charge in [-0.3, -0.25) is 4.68 Å². The molecule has 1 aromatic rings. The molecule has 0 radical (unpaired) electrons. The van der Waals surface area contributed by atoms with Gasteiger partial charge in [0.25, 0.3) is 0 Å². The number of aromatic nitrogens is 2. The van der Waals surface area contributed by atoms with Crippen LogP contribution in [-0.4, -0.2) is 22.2 Å². The highest BCUT2D eigenvalue weighted by molar-refractivity contribution is 5.15. The van der Waals surface area contributed by atoms with Crippen molar-refractivity contribution >= 4 is 0 Å². The number of alkyl halides is 2. The Hall–Kier alpha value is -0.970. The van der Waals surface area contributed by atoms with Crippen LogP contribution in [0.2, 0.25) is 0 Å². The second-order valence-electron chi connectivity index (χ2n) is 5.33. The van der Waals surface area contributed by atoms with Gasteiger partial charge >= 0.3 is 0 Å². The third kappa shape index (κ3) is 3.28. The zero-order valence-electron chi connectivity index (χ0n) is 11.0. The van der Waals surface area contributed by atoms with Crippen LogP contribution in [0.5, 0.6) is 0 Å². The summed E-state index contributed by atoms with van der Waals surface area (Å²) in [5.74, 6) is -2.35. The fourth-order valence-electron chi connectivity index (χ4n) is 2.58. The molecule has 0 aromatic carbocycles. The quantitative estimate of drug-likeness (QED) is 0.898. The SMILES string of the molecule is Cc1c(CNCC2CCCC(F)(F)C2)cnn1C. The molecule has 102 valence electrons. The molecular formula is C13H21F2N3. The average Bonchev–Trinajstić information content (AvgIpc) is 2.60. The standard InChI is InChI=1S/C13H21F2N3/c1-10-12(9-17-18(10)2)8-16-7-11-4-3-5-13(14,15)6-11/h9,11,16H,3-8H2,1-2H3. The Labute approximate surface area is 107 Å². The van der Waals surface area contributed by atoms with Crippen LogP contribution in [0.3, 0.4) is 0 Å². The third-order valence-corrected chi connectivity index (χ3v) is 3.83. The van der Waals surface area contributed by atoms with Gasteiger partial charge in [0.1, 0.15) is 0 Å². The first-order chi connectivity index (χ1) is 8.48. The Kier molecular flexibility index (Phi) is 4.00. The van der Waals surface area contributed by atoms with Crippen molar-refractivity contribution in [2.24, 2.45) is 13.0 Å². The molecule has 0 amide bonds. The van der Waals surface area contributed by atoms with E-state index in [0.29, 0.717) is 19.5 Å². The number of nitrogens with one attached hydrogen (secondary N) is 1. The van der Waals surface area contributed by atoms with E-state index < -0.39 is 5.92 Å². The molecule has 0 spiro atoms. The summed E-state index contributed by atoms with van der Waals surface area (Å²) in [6.45, 7) is 3.39. The highest BCUT2D eigenvalue weighted by Gasteiger charge is 2.35. The molecule has 18 heavy (non-hydrogen) atoms. The van der Waals surface area contributed by atoms with E-state index in [2.05, 4.69) is 10.4 Å². The van der Waals surface area contributed by atoms with Crippen LogP contribution in [0.1, 0.15) is 36.9 Å². The number of nitrogens with zero attached hydrogens (tertiary/aromatic N) is 2. The number of rotatable bonds is 4. The van der Waals surface area contributed by atoms with Crippen LogP contribution in [0.15, 0.2) is 6.20 Å². The molecule has 5 heteroatoms. The predicted molar refractivity (Wildman–Crippen MR) is 66.6 cm³/mol. The smallest absolute Gasteiger partial charge is 0.248 e. The summed E-state index contributed by atoms with van der Waals surface area (Å²) >= 11 is 0. The molecule has 1 fully saturated rings. The highest BCUT2D eigenvalue weighted by Crippen LogP contribution is 2.36. The van der Waals surface area contributed by atoms with Gasteiger partial charge in [0.05, 0.1) is 6.20 Å². The van der Waals surface area contributed by atoms with E-state index in [1.54, 1.807) is 0 Å². The van der Waals surface area contributed by atoms with E-state index in [1.807, 2.05) is 24.9 Å². The monoisotopic (exact) mass is 257 g/mol. The molecule has 3 nitrogen and oxygen atoms in total. The van der Waals surface area contributed by atoms with Gasteiger partial charge in [0, 0.05) is 37.7 Å². The lowest BCUT2D eigenvalue weighted by atomic mass is 9.86. The minimum Gasteiger partial charge on any atom is -0.312 e. The Balaban J connectivity index is 1.77. The molecule has 1 atom stereocenters. The van der Waals surface area contributed by atoms with Gasteiger partial charge < -0.3 is 5.32 Å². The minimum absolute atomic E-state index is 0.0338. The molecule has 0 bridgehead atoms. The van der Waals surface area contributed by atoms with Gasteiger partial charge in [-0.1, -0.05) is 0 Å². The van der Waals surface area contributed by atoms with Gasteiger partial charge in [0.15, 0.2) is 0 Å². The first kappa shape index (κ1) is 13.5. The molecule has 1 N–H and O–H groups in total. The van der Waals surface area contributed by atoms with E-state index in [1.165, 1.54) is 0 Å². The van der Waals surface area contributed by atoms with E-state index in [4.69, 9.17) is 0 Å². The van der Waals surface area contributed by atoms with Crippen LogP contribution < -0.4 is 5.32 Å². The van der Waals surface area contributed by atoms with Crippen LogP contribution in [0.4, 0.5) is 8.78 Å². The lowest BCUT2D eigenvalue weighted by Crippen LogP contribution is -2.32. The molecule has 1 aliphatic carbocycles. The maximum Gasteiger partial charge on any atom is 0.248 e. The predicted octanol–water partition coefficient (Wildman–Crippen LogP) is 2.64. The summed E-state index contributed by atoms with van der Waals surface area (Å²) < 4.78 is 28.3. The van der Waals surface area contributed by atoms with Crippen molar-refractivity contribution in [3.8, 4) is 0 Å². The number of aryl methyl sites for hydroxylation is 1. The van der Waals surface area contributed by atoms with Gasteiger partial charge in [-0.05, 0) is 32.2 Å². The fourth-order valence-corrected chi connectivity index (χ4v) is 2.58. The lowest BCUT2D eigenvalue weighted by Gasteiger charge is -2.28. The van der Waals surface area contributed by atoms with Crippen LogP contribution in [-0.2, 0) is 13.6 Å². The van der Waals surface area contributed by atoms with Crippen molar-refractivity contribution in [2.75, 3.05) is 6.54 Å².